The van der Waals surface area contributed by atoms with E-state index in [0.29, 0.717) is 17.8 Å². The second-order valence-electron chi connectivity index (χ2n) is 5.82. The normalized spacial score (nSPS) is 28.3. The fraction of sp³-hybridized carbons (Fsp3) is 0.786. The van der Waals surface area contributed by atoms with Crippen LogP contribution in [-0.4, -0.2) is 15.0 Å². The van der Waals surface area contributed by atoms with Gasteiger partial charge in [0.2, 0.25) is 5.95 Å². The third-order valence-corrected chi connectivity index (χ3v) is 4.36. The Balaban J connectivity index is 1.81. The zero-order chi connectivity index (χ0) is 12.5. The van der Waals surface area contributed by atoms with Gasteiger partial charge in [0.05, 0.1) is 0 Å². The molecule has 4 heteroatoms. The first-order valence-corrected chi connectivity index (χ1v) is 7.27. The molecule has 0 aliphatic heterocycles. The molecule has 1 aromatic heterocycles. The van der Waals surface area contributed by atoms with Crippen molar-refractivity contribution in [1.29, 1.82) is 0 Å². The molecule has 0 amide bonds. The van der Waals surface area contributed by atoms with Crippen molar-refractivity contribution in [3.05, 3.63) is 11.6 Å². The molecule has 18 heavy (non-hydrogen) atoms. The second kappa shape index (κ2) is 4.82. The van der Waals surface area contributed by atoms with E-state index >= 15 is 0 Å². The molecule has 2 aliphatic rings. The minimum absolute atomic E-state index is 0.417. The molecule has 1 aromatic rings. The number of nitrogen functional groups attached to an aromatic ring is 1. The standard InChI is InChI=1S/C14H22N4/c1-2-9-4-3-5-11(8-9)13-16-12(10-6-7-10)17-14(15)18-13/h9-11H,2-8H2,1H3,(H2,15,16,17,18). The molecular weight excluding hydrogens is 224 g/mol. The Kier molecular flexibility index (Phi) is 3.18. The van der Waals surface area contributed by atoms with E-state index in [4.69, 9.17) is 5.73 Å². The third kappa shape index (κ3) is 2.47. The van der Waals surface area contributed by atoms with Gasteiger partial charge >= 0.3 is 0 Å². The molecule has 2 aliphatic carbocycles. The number of nitrogens with zero attached hydrogens (tertiary/aromatic N) is 3. The first kappa shape index (κ1) is 11.9. The van der Waals surface area contributed by atoms with E-state index in [1.165, 1.54) is 44.9 Å². The van der Waals surface area contributed by atoms with E-state index in [1.54, 1.807) is 0 Å². The van der Waals surface area contributed by atoms with E-state index in [2.05, 4.69) is 21.9 Å². The van der Waals surface area contributed by atoms with Crippen LogP contribution in [0.1, 0.15) is 75.4 Å². The Hall–Kier alpha value is -1.19. The van der Waals surface area contributed by atoms with Crippen molar-refractivity contribution in [3.63, 3.8) is 0 Å². The number of aromatic nitrogens is 3. The van der Waals surface area contributed by atoms with Gasteiger partial charge in [-0.15, -0.1) is 0 Å². The van der Waals surface area contributed by atoms with Gasteiger partial charge < -0.3 is 5.73 Å². The molecule has 98 valence electrons. The number of anilines is 1. The van der Waals surface area contributed by atoms with Crippen molar-refractivity contribution in [3.8, 4) is 0 Å². The fourth-order valence-corrected chi connectivity index (χ4v) is 3.03. The molecule has 2 fully saturated rings. The number of nitrogens with two attached hydrogens (primary N) is 1. The summed E-state index contributed by atoms with van der Waals surface area (Å²) in [6.45, 7) is 2.28. The molecule has 0 aromatic carbocycles. The Morgan fingerprint density at radius 3 is 2.39 bits per heavy atom. The highest BCUT2D eigenvalue weighted by Gasteiger charge is 2.30. The molecule has 0 spiro atoms. The summed E-state index contributed by atoms with van der Waals surface area (Å²) in [5.74, 6) is 4.22. The van der Waals surface area contributed by atoms with Gasteiger partial charge in [-0.25, -0.2) is 4.98 Å². The van der Waals surface area contributed by atoms with Crippen LogP contribution < -0.4 is 5.73 Å². The summed E-state index contributed by atoms with van der Waals surface area (Å²) in [5.41, 5.74) is 5.84. The van der Waals surface area contributed by atoms with Crippen LogP contribution in [0.4, 0.5) is 5.95 Å². The summed E-state index contributed by atoms with van der Waals surface area (Å²) in [6, 6.07) is 0. The smallest absolute Gasteiger partial charge is 0.223 e. The molecule has 1 heterocycles. The number of rotatable bonds is 3. The minimum atomic E-state index is 0.417. The SMILES string of the molecule is CCC1CCCC(c2nc(N)nc(C3CC3)n2)C1. The summed E-state index contributed by atoms with van der Waals surface area (Å²) in [6.07, 6.45) is 8.80. The molecule has 2 atom stereocenters. The second-order valence-corrected chi connectivity index (χ2v) is 5.82. The van der Waals surface area contributed by atoms with Crippen LogP contribution in [0.2, 0.25) is 0 Å². The molecule has 2 saturated carbocycles. The summed E-state index contributed by atoms with van der Waals surface area (Å²) >= 11 is 0. The maximum Gasteiger partial charge on any atom is 0.223 e. The Morgan fingerprint density at radius 1 is 1.00 bits per heavy atom. The van der Waals surface area contributed by atoms with Gasteiger partial charge in [0.1, 0.15) is 11.6 Å². The Bertz CT molecular complexity index is 428. The molecule has 2 N–H and O–H groups in total. The average molecular weight is 246 g/mol. The van der Waals surface area contributed by atoms with Gasteiger partial charge in [-0.2, -0.15) is 9.97 Å². The maximum absolute atomic E-state index is 5.84. The van der Waals surface area contributed by atoms with Gasteiger partial charge in [-0.1, -0.05) is 26.2 Å². The predicted molar refractivity (Wildman–Crippen MR) is 71.2 cm³/mol. The monoisotopic (exact) mass is 246 g/mol. The van der Waals surface area contributed by atoms with Crippen molar-refractivity contribution in [2.24, 2.45) is 5.92 Å². The topological polar surface area (TPSA) is 64.7 Å². The summed E-state index contributed by atoms with van der Waals surface area (Å²) in [5, 5.41) is 0. The highest BCUT2D eigenvalue weighted by atomic mass is 15.1. The third-order valence-electron chi connectivity index (χ3n) is 4.36. The van der Waals surface area contributed by atoms with Gasteiger partial charge in [0.25, 0.3) is 0 Å². The van der Waals surface area contributed by atoms with E-state index in [-0.39, 0.29) is 0 Å². The van der Waals surface area contributed by atoms with E-state index in [9.17, 15) is 0 Å². The quantitative estimate of drug-likeness (QED) is 0.890. The van der Waals surface area contributed by atoms with Crippen molar-refractivity contribution in [2.75, 3.05) is 5.73 Å². The largest absolute Gasteiger partial charge is 0.368 e. The molecule has 0 bridgehead atoms. The molecule has 4 nitrogen and oxygen atoms in total. The first-order valence-electron chi connectivity index (χ1n) is 7.27. The van der Waals surface area contributed by atoms with Crippen LogP contribution in [0.15, 0.2) is 0 Å². The number of hydrogen-bond acceptors (Lipinski definition) is 4. The van der Waals surface area contributed by atoms with Crippen LogP contribution >= 0.6 is 0 Å². The molecule has 0 saturated heterocycles. The minimum Gasteiger partial charge on any atom is -0.368 e. The van der Waals surface area contributed by atoms with Gasteiger partial charge in [0, 0.05) is 11.8 Å². The van der Waals surface area contributed by atoms with Gasteiger partial charge in [-0.05, 0) is 31.6 Å². The lowest BCUT2D eigenvalue weighted by Crippen LogP contribution is -2.17. The highest BCUT2D eigenvalue weighted by molar-refractivity contribution is 5.21. The van der Waals surface area contributed by atoms with Crippen LogP contribution in [0.3, 0.4) is 0 Å². The molecule has 2 unspecified atom stereocenters. The molecule has 0 radical (unpaired) electrons. The summed E-state index contributed by atoms with van der Waals surface area (Å²) in [7, 11) is 0. The van der Waals surface area contributed by atoms with Crippen molar-refractivity contribution in [2.45, 2.75) is 63.7 Å². The highest BCUT2D eigenvalue weighted by Crippen LogP contribution is 2.40. The van der Waals surface area contributed by atoms with Crippen LogP contribution in [-0.2, 0) is 0 Å². The van der Waals surface area contributed by atoms with E-state index in [1.807, 2.05) is 0 Å². The van der Waals surface area contributed by atoms with E-state index < -0.39 is 0 Å². The Morgan fingerprint density at radius 2 is 1.72 bits per heavy atom. The lowest BCUT2D eigenvalue weighted by atomic mass is 9.80. The van der Waals surface area contributed by atoms with E-state index in [0.717, 1.165) is 17.6 Å². The average Bonchev–Trinajstić information content (AvgIpc) is 3.22. The van der Waals surface area contributed by atoms with Crippen molar-refractivity contribution < 1.29 is 0 Å². The first-order chi connectivity index (χ1) is 8.76. The maximum atomic E-state index is 5.84. The summed E-state index contributed by atoms with van der Waals surface area (Å²) in [4.78, 5) is 13.4. The zero-order valence-corrected chi connectivity index (χ0v) is 11.1. The summed E-state index contributed by atoms with van der Waals surface area (Å²) < 4.78 is 0. The van der Waals surface area contributed by atoms with Crippen LogP contribution in [0, 0.1) is 5.92 Å². The van der Waals surface area contributed by atoms with Crippen LogP contribution in [0.5, 0.6) is 0 Å². The lowest BCUT2D eigenvalue weighted by Gasteiger charge is -2.27. The molecule has 3 rings (SSSR count). The predicted octanol–water partition coefficient (Wildman–Crippen LogP) is 3.02. The van der Waals surface area contributed by atoms with Crippen molar-refractivity contribution in [1.82, 2.24) is 15.0 Å². The van der Waals surface area contributed by atoms with Gasteiger partial charge in [-0.3, -0.25) is 0 Å². The Labute approximate surface area is 108 Å². The van der Waals surface area contributed by atoms with Crippen molar-refractivity contribution >= 4 is 5.95 Å². The fourth-order valence-electron chi connectivity index (χ4n) is 3.03. The van der Waals surface area contributed by atoms with Crippen LogP contribution in [0.25, 0.3) is 0 Å². The molecular formula is C14H22N4. The number of hydrogen-bond donors (Lipinski definition) is 1. The lowest BCUT2D eigenvalue weighted by molar-refractivity contribution is 0.306. The zero-order valence-electron chi connectivity index (χ0n) is 11.1. The van der Waals surface area contributed by atoms with Gasteiger partial charge in [0.15, 0.2) is 0 Å².